The van der Waals surface area contributed by atoms with Gasteiger partial charge in [-0.3, -0.25) is 0 Å². The third kappa shape index (κ3) is 7.24. The lowest BCUT2D eigenvalue weighted by molar-refractivity contribution is 0.287. The fraction of sp³-hybridized carbons (Fsp3) is 1.00. The Morgan fingerprint density at radius 2 is 0.688 bits per heavy atom. The molecule has 1 fully saturated rings. The van der Waals surface area contributed by atoms with Gasteiger partial charge in [0.15, 0.2) is 0 Å². The lowest BCUT2D eigenvalue weighted by Gasteiger charge is -2.19. The van der Waals surface area contributed by atoms with Crippen LogP contribution in [0.15, 0.2) is 0 Å². The van der Waals surface area contributed by atoms with E-state index in [1.54, 1.807) is 0 Å². The largest absolute Gasteiger partial charge is 0.306 e. The van der Waals surface area contributed by atoms with Gasteiger partial charge in [0.25, 0.3) is 0 Å². The molecule has 0 aromatic carbocycles. The number of nitrogens with zero attached hydrogens (tertiary/aromatic N) is 2. The molecular weight excluding hydrogens is 196 g/mol. The third-order valence-electron chi connectivity index (χ3n) is 3.66. The Kier molecular flexibility index (Phi) is 7.87. The fourth-order valence-corrected chi connectivity index (χ4v) is 2.46. The first-order valence-corrected chi connectivity index (χ1v) is 7.16. The summed E-state index contributed by atoms with van der Waals surface area (Å²) in [7, 11) is 4.55. The summed E-state index contributed by atoms with van der Waals surface area (Å²) >= 11 is 0. The van der Waals surface area contributed by atoms with Crippen molar-refractivity contribution in [3.05, 3.63) is 0 Å². The monoisotopic (exact) mass is 226 g/mol. The summed E-state index contributed by atoms with van der Waals surface area (Å²) in [6, 6.07) is 0. The smallest absolute Gasteiger partial charge is 0.00218 e. The van der Waals surface area contributed by atoms with Crippen molar-refractivity contribution in [3.63, 3.8) is 0 Å². The summed E-state index contributed by atoms with van der Waals surface area (Å²) in [6.07, 6.45) is 11.2. The predicted molar refractivity (Wildman–Crippen MR) is 71.9 cm³/mol. The summed E-state index contributed by atoms with van der Waals surface area (Å²) in [6.45, 7) is 5.20. The quantitative estimate of drug-likeness (QED) is 0.626. The summed E-state index contributed by atoms with van der Waals surface area (Å²) < 4.78 is 0. The minimum Gasteiger partial charge on any atom is -0.306 e. The van der Waals surface area contributed by atoms with Gasteiger partial charge in [0.2, 0.25) is 0 Å². The van der Waals surface area contributed by atoms with Crippen LogP contribution in [0.25, 0.3) is 0 Å². The molecule has 0 aliphatic carbocycles. The zero-order valence-corrected chi connectivity index (χ0v) is 11.4. The van der Waals surface area contributed by atoms with Gasteiger partial charge < -0.3 is 9.80 Å². The molecule has 0 radical (unpaired) electrons. The van der Waals surface area contributed by atoms with Gasteiger partial charge in [0.1, 0.15) is 0 Å². The van der Waals surface area contributed by atoms with E-state index in [4.69, 9.17) is 0 Å². The Bertz CT molecular complexity index is 143. The SMILES string of the molecule is CN1CCCCCCCN(C)CCCCC1. The van der Waals surface area contributed by atoms with E-state index in [9.17, 15) is 0 Å². The number of rotatable bonds is 0. The average Bonchev–Trinajstić information content (AvgIpc) is 2.26. The van der Waals surface area contributed by atoms with Crippen molar-refractivity contribution in [1.29, 1.82) is 0 Å². The van der Waals surface area contributed by atoms with E-state index in [1.807, 2.05) is 0 Å². The molecule has 1 saturated heterocycles. The minimum absolute atomic E-state index is 1.30. The van der Waals surface area contributed by atoms with Crippen molar-refractivity contribution in [2.45, 2.75) is 51.4 Å². The molecule has 0 bridgehead atoms. The first kappa shape index (κ1) is 14.0. The van der Waals surface area contributed by atoms with Crippen molar-refractivity contribution in [1.82, 2.24) is 9.80 Å². The Hall–Kier alpha value is -0.0800. The Labute approximate surface area is 102 Å². The molecule has 0 aromatic rings. The van der Waals surface area contributed by atoms with Gasteiger partial charge in [-0.05, 0) is 66.0 Å². The van der Waals surface area contributed by atoms with Gasteiger partial charge in [0, 0.05) is 0 Å². The molecule has 2 heteroatoms. The first-order chi connectivity index (χ1) is 7.79. The van der Waals surface area contributed by atoms with E-state index >= 15 is 0 Å². The number of hydrogen-bond acceptors (Lipinski definition) is 2. The highest BCUT2D eigenvalue weighted by atomic mass is 15.1. The van der Waals surface area contributed by atoms with E-state index < -0.39 is 0 Å². The molecule has 0 spiro atoms. The van der Waals surface area contributed by atoms with Gasteiger partial charge in [-0.1, -0.05) is 25.7 Å². The van der Waals surface area contributed by atoms with Crippen LogP contribution < -0.4 is 0 Å². The van der Waals surface area contributed by atoms with Crippen LogP contribution in [0.5, 0.6) is 0 Å². The lowest BCUT2D eigenvalue weighted by atomic mass is 10.1. The van der Waals surface area contributed by atoms with E-state index in [0.717, 1.165) is 0 Å². The van der Waals surface area contributed by atoms with Crippen LogP contribution >= 0.6 is 0 Å². The second-order valence-electron chi connectivity index (χ2n) is 5.43. The molecule has 96 valence electrons. The highest BCUT2D eigenvalue weighted by Gasteiger charge is 2.02. The normalized spacial score (nSPS) is 25.1. The van der Waals surface area contributed by atoms with Crippen LogP contribution in [0.4, 0.5) is 0 Å². The van der Waals surface area contributed by atoms with Crippen LogP contribution in [0.1, 0.15) is 51.4 Å². The molecule has 0 amide bonds. The van der Waals surface area contributed by atoms with E-state index in [-0.39, 0.29) is 0 Å². The molecule has 0 aromatic heterocycles. The first-order valence-electron chi connectivity index (χ1n) is 7.16. The molecule has 2 nitrogen and oxygen atoms in total. The maximum absolute atomic E-state index is 2.51. The maximum atomic E-state index is 2.51. The van der Waals surface area contributed by atoms with Gasteiger partial charge in [-0.2, -0.15) is 0 Å². The summed E-state index contributed by atoms with van der Waals surface area (Å²) in [5.74, 6) is 0. The molecule has 0 unspecified atom stereocenters. The molecule has 1 aliphatic rings. The molecule has 1 heterocycles. The van der Waals surface area contributed by atoms with Crippen LogP contribution in [-0.4, -0.2) is 50.1 Å². The van der Waals surface area contributed by atoms with E-state index in [2.05, 4.69) is 23.9 Å². The maximum Gasteiger partial charge on any atom is -0.00218 e. The molecule has 1 rings (SSSR count). The zero-order valence-electron chi connectivity index (χ0n) is 11.4. The second-order valence-corrected chi connectivity index (χ2v) is 5.43. The second kappa shape index (κ2) is 9.00. The third-order valence-corrected chi connectivity index (χ3v) is 3.66. The summed E-state index contributed by atoms with van der Waals surface area (Å²) in [5, 5.41) is 0. The Balaban J connectivity index is 2.18. The topological polar surface area (TPSA) is 6.48 Å². The van der Waals surface area contributed by atoms with E-state index in [1.165, 1.54) is 77.5 Å². The van der Waals surface area contributed by atoms with Crippen molar-refractivity contribution in [3.8, 4) is 0 Å². The average molecular weight is 226 g/mol. The Morgan fingerprint density at radius 3 is 1.06 bits per heavy atom. The lowest BCUT2D eigenvalue weighted by Crippen LogP contribution is -2.23. The minimum atomic E-state index is 1.30. The summed E-state index contributed by atoms with van der Waals surface area (Å²) in [4.78, 5) is 5.02. The van der Waals surface area contributed by atoms with Crippen LogP contribution in [0, 0.1) is 0 Å². The van der Waals surface area contributed by atoms with Gasteiger partial charge >= 0.3 is 0 Å². The molecule has 0 N–H and O–H groups in total. The highest BCUT2D eigenvalue weighted by Crippen LogP contribution is 2.07. The zero-order chi connectivity index (χ0) is 11.6. The molecule has 0 atom stereocenters. The molecule has 1 aliphatic heterocycles. The fourth-order valence-electron chi connectivity index (χ4n) is 2.46. The predicted octanol–water partition coefficient (Wildman–Crippen LogP) is 2.98. The summed E-state index contributed by atoms with van der Waals surface area (Å²) in [5.41, 5.74) is 0. The van der Waals surface area contributed by atoms with Crippen molar-refractivity contribution < 1.29 is 0 Å². The standard InChI is InChI=1S/C14H30N2/c1-15-11-7-4-3-5-8-12-16(2)14-10-6-9-13-15/h3-14H2,1-2H3. The molecule has 0 saturated carbocycles. The van der Waals surface area contributed by atoms with Gasteiger partial charge in [-0.15, -0.1) is 0 Å². The van der Waals surface area contributed by atoms with Crippen LogP contribution in [-0.2, 0) is 0 Å². The van der Waals surface area contributed by atoms with E-state index in [0.29, 0.717) is 0 Å². The van der Waals surface area contributed by atoms with Crippen LogP contribution in [0.3, 0.4) is 0 Å². The highest BCUT2D eigenvalue weighted by molar-refractivity contribution is 4.58. The van der Waals surface area contributed by atoms with Crippen molar-refractivity contribution in [2.24, 2.45) is 0 Å². The molecule has 16 heavy (non-hydrogen) atoms. The Morgan fingerprint density at radius 1 is 0.438 bits per heavy atom. The van der Waals surface area contributed by atoms with Crippen LogP contribution in [0.2, 0.25) is 0 Å². The van der Waals surface area contributed by atoms with Crippen molar-refractivity contribution >= 4 is 0 Å². The molecular formula is C14H30N2. The van der Waals surface area contributed by atoms with Gasteiger partial charge in [0.05, 0.1) is 0 Å². The van der Waals surface area contributed by atoms with Crippen molar-refractivity contribution in [2.75, 3.05) is 40.3 Å². The van der Waals surface area contributed by atoms with Gasteiger partial charge in [-0.25, -0.2) is 0 Å². The number of hydrogen-bond donors (Lipinski definition) is 0.